The second-order valence-electron chi connectivity index (χ2n) is 5.81. The minimum absolute atomic E-state index is 0.157. The Hall–Kier alpha value is -2.73. The fourth-order valence-electron chi connectivity index (χ4n) is 2.31. The molecule has 0 saturated heterocycles. The number of likely N-dealkylation sites (N-methyl/N-ethyl adjacent to an activating group) is 1. The first-order chi connectivity index (χ1) is 11.4. The highest BCUT2D eigenvalue weighted by Crippen LogP contribution is 2.09. The van der Waals surface area contributed by atoms with Gasteiger partial charge in [0.15, 0.2) is 6.04 Å². The van der Waals surface area contributed by atoms with Gasteiger partial charge in [-0.3, -0.25) is 9.59 Å². The Balaban J connectivity index is 1.96. The highest BCUT2D eigenvalue weighted by Gasteiger charge is 2.22. The first kappa shape index (κ1) is 17.6. The van der Waals surface area contributed by atoms with Crippen molar-refractivity contribution in [1.29, 1.82) is 0 Å². The Kier molecular flexibility index (Phi) is 5.65. The van der Waals surface area contributed by atoms with E-state index in [2.05, 4.69) is 5.32 Å². The number of anilines is 1. The van der Waals surface area contributed by atoms with E-state index in [1.807, 2.05) is 20.0 Å². The van der Waals surface area contributed by atoms with E-state index in [-0.39, 0.29) is 17.8 Å². The van der Waals surface area contributed by atoms with E-state index >= 15 is 0 Å². The third kappa shape index (κ3) is 4.63. The van der Waals surface area contributed by atoms with Crippen molar-refractivity contribution >= 4 is 17.5 Å². The third-order valence-electron chi connectivity index (χ3n) is 3.94. The van der Waals surface area contributed by atoms with Gasteiger partial charge < -0.3 is 16.0 Å². The van der Waals surface area contributed by atoms with E-state index in [0.717, 1.165) is 10.5 Å². The molecular weight excluding hydrogens is 309 g/mol. The van der Waals surface area contributed by atoms with Crippen LogP contribution in [0.15, 0.2) is 48.5 Å². The summed E-state index contributed by atoms with van der Waals surface area (Å²) in [7, 11) is 1.88. The van der Waals surface area contributed by atoms with E-state index in [0.29, 0.717) is 17.8 Å². The lowest BCUT2D eigenvalue weighted by atomic mass is 10.1. The summed E-state index contributed by atoms with van der Waals surface area (Å²) in [5.41, 5.74) is 6.99. The summed E-state index contributed by atoms with van der Waals surface area (Å²) in [6.45, 7) is 2.34. The first-order valence-electron chi connectivity index (χ1n) is 7.64. The second-order valence-corrected chi connectivity index (χ2v) is 5.81. The number of nitrogens with one attached hydrogen (secondary N) is 2. The van der Waals surface area contributed by atoms with Crippen molar-refractivity contribution < 1.29 is 18.9 Å². The second kappa shape index (κ2) is 7.70. The average Bonchev–Trinajstić information content (AvgIpc) is 2.54. The largest absolute Gasteiger partial charge is 0.366 e. The molecule has 5 nitrogen and oxygen atoms in total. The van der Waals surface area contributed by atoms with Crippen molar-refractivity contribution in [2.45, 2.75) is 19.5 Å². The number of rotatable bonds is 6. The molecule has 2 amide bonds. The zero-order valence-electron chi connectivity index (χ0n) is 13.7. The van der Waals surface area contributed by atoms with Crippen LogP contribution in [0.3, 0.4) is 0 Å². The molecule has 1 unspecified atom stereocenters. The molecule has 4 N–H and O–H groups in total. The Morgan fingerprint density at radius 3 is 2.46 bits per heavy atom. The fraction of sp³-hybridized carbons (Fsp3) is 0.222. The predicted molar refractivity (Wildman–Crippen MR) is 90.0 cm³/mol. The standard InChI is InChI=1S/C18H20FN3O2/c1-12(22(2)11-13-4-3-5-15(19)10-13)18(24)21-16-8-6-14(7-9-16)17(20)23/h3-10,12H,11H2,1-2H3,(H2,20,23)(H,21,24)/p+1/t12-/m0/s1. The molecule has 0 saturated carbocycles. The Bertz CT molecular complexity index is 731. The molecule has 2 aromatic carbocycles. The Labute approximate surface area is 140 Å². The summed E-state index contributed by atoms with van der Waals surface area (Å²) in [5, 5.41) is 2.80. The molecule has 126 valence electrons. The summed E-state index contributed by atoms with van der Waals surface area (Å²) in [6, 6.07) is 12.4. The van der Waals surface area contributed by atoms with E-state index in [1.54, 1.807) is 30.3 Å². The quantitative estimate of drug-likeness (QED) is 0.738. The molecule has 2 atom stereocenters. The van der Waals surface area contributed by atoms with Crippen LogP contribution in [0.5, 0.6) is 0 Å². The molecule has 0 heterocycles. The van der Waals surface area contributed by atoms with Crippen molar-refractivity contribution in [3.05, 3.63) is 65.5 Å². The van der Waals surface area contributed by atoms with Crippen LogP contribution in [0.25, 0.3) is 0 Å². The molecule has 0 fully saturated rings. The summed E-state index contributed by atoms with van der Waals surface area (Å²) >= 11 is 0. The predicted octanol–water partition coefficient (Wildman–Crippen LogP) is 0.966. The number of amides is 2. The smallest absolute Gasteiger partial charge is 0.282 e. The minimum atomic E-state index is -0.513. The SMILES string of the molecule is C[C@@H](C(=O)Nc1ccc(C(N)=O)cc1)[NH+](C)Cc1cccc(F)c1. The molecule has 0 aliphatic carbocycles. The first-order valence-corrected chi connectivity index (χ1v) is 7.64. The number of benzene rings is 2. The van der Waals surface area contributed by atoms with Crippen molar-refractivity contribution in [2.75, 3.05) is 12.4 Å². The molecule has 24 heavy (non-hydrogen) atoms. The number of hydrogen-bond donors (Lipinski definition) is 3. The lowest BCUT2D eigenvalue weighted by molar-refractivity contribution is -0.907. The van der Waals surface area contributed by atoms with Gasteiger partial charge in [0.05, 0.1) is 7.05 Å². The topological polar surface area (TPSA) is 76.6 Å². The van der Waals surface area contributed by atoms with Crippen LogP contribution < -0.4 is 16.0 Å². The fourth-order valence-corrected chi connectivity index (χ4v) is 2.31. The van der Waals surface area contributed by atoms with Gasteiger partial charge in [-0.1, -0.05) is 12.1 Å². The van der Waals surface area contributed by atoms with Gasteiger partial charge in [0.2, 0.25) is 5.91 Å². The van der Waals surface area contributed by atoms with E-state index in [1.165, 1.54) is 12.1 Å². The zero-order chi connectivity index (χ0) is 17.7. The van der Waals surface area contributed by atoms with Crippen molar-refractivity contribution in [2.24, 2.45) is 5.73 Å². The number of hydrogen-bond acceptors (Lipinski definition) is 2. The number of halogens is 1. The van der Waals surface area contributed by atoms with E-state index in [4.69, 9.17) is 5.73 Å². The van der Waals surface area contributed by atoms with Crippen molar-refractivity contribution in [3.63, 3.8) is 0 Å². The van der Waals surface area contributed by atoms with Gasteiger partial charge in [-0.2, -0.15) is 0 Å². The van der Waals surface area contributed by atoms with Crippen LogP contribution >= 0.6 is 0 Å². The molecule has 0 radical (unpaired) electrons. The van der Waals surface area contributed by atoms with Gasteiger partial charge in [-0.15, -0.1) is 0 Å². The lowest BCUT2D eigenvalue weighted by Crippen LogP contribution is -3.12. The molecule has 0 aliphatic heterocycles. The molecule has 2 aromatic rings. The summed E-state index contributed by atoms with van der Waals surface area (Å²) in [4.78, 5) is 24.3. The summed E-state index contributed by atoms with van der Waals surface area (Å²) in [5.74, 6) is -0.955. The molecule has 6 heteroatoms. The van der Waals surface area contributed by atoms with Crippen LogP contribution in [0.4, 0.5) is 10.1 Å². The maximum Gasteiger partial charge on any atom is 0.282 e. The van der Waals surface area contributed by atoms with E-state index < -0.39 is 5.91 Å². The maximum absolute atomic E-state index is 13.2. The summed E-state index contributed by atoms with van der Waals surface area (Å²) < 4.78 is 13.2. The van der Waals surface area contributed by atoms with Crippen LogP contribution in [0, 0.1) is 5.82 Å². The monoisotopic (exact) mass is 330 g/mol. The number of carbonyl (C=O) groups excluding carboxylic acids is 2. The number of carbonyl (C=O) groups is 2. The lowest BCUT2D eigenvalue weighted by Gasteiger charge is -2.21. The molecule has 0 aromatic heterocycles. The van der Waals surface area contributed by atoms with Crippen LogP contribution in [0.1, 0.15) is 22.8 Å². The van der Waals surface area contributed by atoms with E-state index in [9.17, 15) is 14.0 Å². The third-order valence-corrected chi connectivity index (χ3v) is 3.94. The van der Waals surface area contributed by atoms with Gasteiger partial charge in [-0.25, -0.2) is 4.39 Å². The van der Waals surface area contributed by atoms with Gasteiger partial charge in [0.1, 0.15) is 12.4 Å². The van der Waals surface area contributed by atoms with Gasteiger partial charge in [-0.05, 0) is 43.3 Å². The van der Waals surface area contributed by atoms with Crippen LogP contribution in [-0.2, 0) is 11.3 Å². The number of quaternary nitrogens is 1. The zero-order valence-corrected chi connectivity index (χ0v) is 13.7. The van der Waals surface area contributed by atoms with Gasteiger partial charge >= 0.3 is 0 Å². The maximum atomic E-state index is 13.2. The van der Waals surface area contributed by atoms with Gasteiger partial charge in [0, 0.05) is 16.8 Å². The Morgan fingerprint density at radius 1 is 1.21 bits per heavy atom. The summed E-state index contributed by atoms with van der Waals surface area (Å²) in [6.07, 6.45) is 0. The molecule has 0 aliphatic rings. The van der Waals surface area contributed by atoms with Crippen molar-refractivity contribution in [3.8, 4) is 0 Å². The van der Waals surface area contributed by atoms with Gasteiger partial charge in [0.25, 0.3) is 5.91 Å². The highest BCUT2D eigenvalue weighted by atomic mass is 19.1. The molecular formula is C18H21FN3O2+. The number of primary amides is 1. The molecule has 2 rings (SSSR count). The normalized spacial score (nSPS) is 13.1. The van der Waals surface area contributed by atoms with Crippen LogP contribution in [-0.4, -0.2) is 24.9 Å². The molecule has 0 bridgehead atoms. The average molecular weight is 330 g/mol. The number of nitrogens with two attached hydrogens (primary N) is 1. The molecule has 0 spiro atoms. The minimum Gasteiger partial charge on any atom is -0.366 e. The van der Waals surface area contributed by atoms with Crippen LogP contribution in [0.2, 0.25) is 0 Å². The highest BCUT2D eigenvalue weighted by molar-refractivity contribution is 5.95. The Morgan fingerprint density at radius 2 is 1.88 bits per heavy atom. The van der Waals surface area contributed by atoms with Crippen molar-refractivity contribution in [1.82, 2.24) is 0 Å².